The van der Waals surface area contributed by atoms with Crippen molar-refractivity contribution in [1.82, 2.24) is 4.90 Å². The van der Waals surface area contributed by atoms with E-state index in [0.29, 0.717) is 23.8 Å². The number of ether oxygens (including phenoxy) is 2. The number of halogens is 3. The smallest absolute Gasteiger partial charge is 0.573 e. The number of likely N-dealkylation sites (tertiary alicyclic amines) is 1. The van der Waals surface area contributed by atoms with Gasteiger partial charge in [-0.2, -0.15) is 0 Å². The van der Waals surface area contributed by atoms with E-state index in [9.17, 15) is 18.0 Å². The predicted octanol–water partition coefficient (Wildman–Crippen LogP) is 6.66. The van der Waals surface area contributed by atoms with Crippen LogP contribution in [0, 0.1) is 0 Å². The van der Waals surface area contributed by atoms with Gasteiger partial charge in [-0.1, -0.05) is 42.0 Å². The lowest BCUT2D eigenvalue weighted by Crippen LogP contribution is -2.35. The number of nitrogens with one attached hydrogen (secondary N) is 1. The van der Waals surface area contributed by atoms with Crippen LogP contribution in [0.15, 0.2) is 72.8 Å². The van der Waals surface area contributed by atoms with Gasteiger partial charge in [-0.25, -0.2) is 4.79 Å². The Balaban J connectivity index is 0.000000205. The van der Waals surface area contributed by atoms with E-state index in [1.165, 1.54) is 36.4 Å². The molecule has 4 rings (SSSR count). The van der Waals surface area contributed by atoms with Gasteiger partial charge in [0.1, 0.15) is 17.6 Å². The highest BCUT2D eigenvalue weighted by Crippen LogP contribution is 2.26. The molecule has 192 valence electrons. The fraction of sp³-hybridized carbons (Fsp3) is 0.296. The summed E-state index contributed by atoms with van der Waals surface area (Å²) in [5, 5.41) is 8.77. The number of rotatable bonds is 6. The normalized spacial score (nSPS) is 14.5. The summed E-state index contributed by atoms with van der Waals surface area (Å²) in [6, 6.07) is 19.3. The van der Waals surface area contributed by atoms with Gasteiger partial charge in [-0.3, -0.25) is 0 Å². The molecular formula is C27H28F3N2O4-. The number of alkyl halides is 3. The zero-order valence-electron chi connectivity index (χ0n) is 19.8. The molecule has 1 heterocycles. The van der Waals surface area contributed by atoms with Gasteiger partial charge in [0, 0.05) is 13.1 Å². The number of nitrogens with zero attached hydrogens (tertiary/aromatic N) is 1. The molecule has 6 nitrogen and oxygen atoms in total. The van der Waals surface area contributed by atoms with Gasteiger partial charge in [0.15, 0.2) is 0 Å². The molecule has 0 unspecified atom stereocenters. The lowest BCUT2D eigenvalue weighted by Gasteiger charge is -2.29. The number of carboxylic acid groups (broad SMARTS) is 1. The Hall–Kier alpha value is -3.56. The minimum Gasteiger partial charge on any atom is -0.674 e. The second kappa shape index (κ2) is 12.4. The van der Waals surface area contributed by atoms with Gasteiger partial charge in [0.2, 0.25) is 0 Å². The molecule has 9 heteroatoms. The number of hydrogen-bond acceptors (Lipinski definition) is 4. The average molecular weight is 502 g/mol. The minimum atomic E-state index is -4.72. The fourth-order valence-electron chi connectivity index (χ4n) is 3.68. The number of carbonyl (C=O) groups is 1. The van der Waals surface area contributed by atoms with Crippen LogP contribution < -0.4 is 9.47 Å². The van der Waals surface area contributed by atoms with Crippen molar-refractivity contribution >= 4 is 5.97 Å². The highest BCUT2D eigenvalue weighted by atomic mass is 19.4. The van der Waals surface area contributed by atoms with Crippen LogP contribution in [0.1, 0.15) is 28.8 Å². The summed E-state index contributed by atoms with van der Waals surface area (Å²) in [5.41, 5.74) is 9.85. The molecule has 3 aromatic carbocycles. The lowest BCUT2D eigenvalue weighted by molar-refractivity contribution is -0.274. The Bertz CT molecular complexity index is 1110. The summed E-state index contributed by atoms with van der Waals surface area (Å²) in [5.74, 6) is -0.423. The van der Waals surface area contributed by atoms with E-state index < -0.39 is 12.3 Å². The largest absolute Gasteiger partial charge is 0.674 e. The van der Waals surface area contributed by atoms with Crippen molar-refractivity contribution in [1.29, 1.82) is 0 Å². The molecule has 0 saturated carbocycles. The van der Waals surface area contributed by atoms with Crippen LogP contribution in [-0.4, -0.2) is 48.6 Å². The Labute approximate surface area is 208 Å². The van der Waals surface area contributed by atoms with Gasteiger partial charge in [0.25, 0.3) is 0 Å². The molecule has 1 fully saturated rings. The summed E-state index contributed by atoms with van der Waals surface area (Å²) in [6.45, 7) is 2.55. The third-order valence-corrected chi connectivity index (χ3v) is 5.62. The maximum Gasteiger partial charge on any atom is 0.573 e. The van der Waals surface area contributed by atoms with Crippen molar-refractivity contribution in [3.63, 3.8) is 0 Å². The molecule has 1 aliphatic heterocycles. The van der Waals surface area contributed by atoms with Crippen LogP contribution >= 0.6 is 0 Å². The van der Waals surface area contributed by atoms with Crippen molar-refractivity contribution in [2.75, 3.05) is 20.1 Å². The molecule has 0 atom stereocenters. The summed E-state index contributed by atoms with van der Waals surface area (Å²) >= 11 is 0. The molecule has 0 aliphatic carbocycles. The highest BCUT2D eigenvalue weighted by Gasteiger charge is 2.31. The number of aromatic carboxylic acids is 1. The van der Waals surface area contributed by atoms with Crippen LogP contribution in [0.5, 0.6) is 11.5 Å². The van der Waals surface area contributed by atoms with Gasteiger partial charge >= 0.3 is 12.3 Å². The van der Waals surface area contributed by atoms with Gasteiger partial charge in [-0.05, 0) is 67.4 Å². The first-order valence-corrected chi connectivity index (χ1v) is 11.4. The Morgan fingerprint density at radius 3 is 2.08 bits per heavy atom. The van der Waals surface area contributed by atoms with E-state index in [4.69, 9.17) is 15.6 Å². The molecule has 0 spiro atoms. The summed E-state index contributed by atoms with van der Waals surface area (Å²) in [7, 11) is 2.15. The van der Waals surface area contributed by atoms with Gasteiger partial charge < -0.3 is 25.2 Å². The summed E-state index contributed by atoms with van der Waals surface area (Å²) in [6.07, 6.45) is -2.18. The van der Waals surface area contributed by atoms with Crippen LogP contribution in [0.4, 0.5) is 13.2 Å². The van der Waals surface area contributed by atoms with E-state index in [2.05, 4.69) is 16.7 Å². The van der Waals surface area contributed by atoms with E-state index in [1.807, 2.05) is 24.3 Å². The number of carboxylic acids is 1. The molecule has 0 aromatic heterocycles. The third kappa shape index (κ3) is 8.58. The van der Waals surface area contributed by atoms with Crippen LogP contribution in [0.25, 0.3) is 16.9 Å². The number of benzene rings is 3. The molecule has 2 N–H and O–H groups in total. The zero-order valence-corrected chi connectivity index (χ0v) is 19.8. The molecular weight excluding hydrogens is 473 g/mol. The van der Waals surface area contributed by atoms with E-state index in [1.54, 1.807) is 12.1 Å². The van der Waals surface area contributed by atoms with Crippen molar-refractivity contribution < 1.29 is 32.5 Å². The van der Waals surface area contributed by atoms with Crippen LogP contribution in [0.2, 0.25) is 0 Å². The molecule has 0 radical (unpaired) electrons. The van der Waals surface area contributed by atoms with E-state index in [0.717, 1.165) is 37.2 Å². The number of hydrogen-bond donors (Lipinski definition) is 1. The summed E-state index contributed by atoms with van der Waals surface area (Å²) < 4.78 is 45.7. The van der Waals surface area contributed by atoms with Crippen molar-refractivity contribution in [3.8, 4) is 22.6 Å². The standard InChI is InChI=1S/C14H9F3O3.C13H19N2O/c15-14(16,17)20-12-7-5-10(6-8-12)9-1-3-11(4-2-9)13(18)19;1-15-7-5-12(6-8-15)16-13-4-2-3-11(9-13)10-14/h1-8H,(H,18,19);2-4,9,12,14H,5-8,10H2,1H3/q;-1. The fourth-order valence-corrected chi connectivity index (χ4v) is 3.68. The maximum atomic E-state index is 12.0. The average Bonchev–Trinajstić information content (AvgIpc) is 2.85. The Morgan fingerprint density at radius 1 is 0.972 bits per heavy atom. The molecule has 36 heavy (non-hydrogen) atoms. The first kappa shape index (κ1) is 27.0. The quantitative estimate of drug-likeness (QED) is 0.408. The molecule has 0 amide bonds. The Kier molecular flexibility index (Phi) is 9.32. The molecule has 3 aromatic rings. The van der Waals surface area contributed by atoms with Gasteiger partial charge in [-0.15, -0.1) is 19.7 Å². The van der Waals surface area contributed by atoms with Crippen molar-refractivity contribution in [3.05, 3.63) is 89.7 Å². The first-order chi connectivity index (χ1) is 17.1. The topological polar surface area (TPSA) is 82.8 Å². The SMILES string of the molecule is CN1CCC(Oc2cccc(C[NH-])c2)CC1.O=C(O)c1ccc(-c2ccc(OC(F)(F)F)cc2)cc1. The molecule has 1 aliphatic rings. The second-order valence-corrected chi connectivity index (χ2v) is 8.40. The predicted molar refractivity (Wildman–Crippen MR) is 131 cm³/mol. The number of piperidine rings is 1. The van der Waals surface area contributed by atoms with E-state index in [-0.39, 0.29) is 11.3 Å². The second-order valence-electron chi connectivity index (χ2n) is 8.40. The van der Waals surface area contributed by atoms with Gasteiger partial charge in [0.05, 0.1) is 5.56 Å². The Morgan fingerprint density at radius 2 is 1.56 bits per heavy atom. The summed E-state index contributed by atoms with van der Waals surface area (Å²) in [4.78, 5) is 13.0. The maximum absolute atomic E-state index is 12.0. The lowest BCUT2D eigenvalue weighted by atomic mass is 10.0. The molecule has 0 bridgehead atoms. The monoisotopic (exact) mass is 501 g/mol. The highest BCUT2D eigenvalue weighted by molar-refractivity contribution is 5.88. The molecule has 1 saturated heterocycles. The third-order valence-electron chi connectivity index (χ3n) is 5.62. The van der Waals surface area contributed by atoms with Crippen LogP contribution in [-0.2, 0) is 6.54 Å². The van der Waals surface area contributed by atoms with Crippen molar-refractivity contribution in [2.24, 2.45) is 0 Å². The van der Waals surface area contributed by atoms with Crippen LogP contribution in [0.3, 0.4) is 0 Å². The zero-order chi connectivity index (χ0) is 26.1. The minimum absolute atomic E-state index is 0.144. The van der Waals surface area contributed by atoms with E-state index >= 15 is 0 Å². The first-order valence-electron chi connectivity index (χ1n) is 11.4. The van der Waals surface area contributed by atoms with Crippen molar-refractivity contribution in [2.45, 2.75) is 31.9 Å².